The maximum absolute atomic E-state index is 8.59. The van der Waals surface area contributed by atoms with Gasteiger partial charge < -0.3 is 9.64 Å². The molecule has 6 nitrogen and oxygen atoms in total. The number of nitriles is 1. The molecular weight excluding hydrogens is 238 g/mol. The molecule has 0 aliphatic carbocycles. The standard InChI is InChI=1S/C10H15N5OS/c1-2-15-9(14-4-6-16-7-5-14)12-13-10(15)17-8-3-11/h2,4-8H2,1H3. The van der Waals surface area contributed by atoms with E-state index in [1.807, 2.05) is 4.57 Å². The van der Waals surface area contributed by atoms with Crippen LogP contribution in [0.1, 0.15) is 6.92 Å². The zero-order valence-corrected chi connectivity index (χ0v) is 10.6. The van der Waals surface area contributed by atoms with E-state index in [2.05, 4.69) is 28.1 Å². The van der Waals surface area contributed by atoms with Gasteiger partial charge in [0.2, 0.25) is 5.95 Å². The van der Waals surface area contributed by atoms with Crippen LogP contribution >= 0.6 is 11.8 Å². The fourth-order valence-electron chi connectivity index (χ4n) is 1.76. The molecule has 17 heavy (non-hydrogen) atoms. The first kappa shape index (κ1) is 12.2. The molecule has 0 aromatic carbocycles. The second kappa shape index (κ2) is 5.89. The number of hydrogen-bond donors (Lipinski definition) is 0. The molecule has 0 amide bonds. The number of anilines is 1. The number of morpholine rings is 1. The first-order valence-corrected chi connectivity index (χ1v) is 6.61. The van der Waals surface area contributed by atoms with Crippen LogP contribution in [0.2, 0.25) is 0 Å². The van der Waals surface area contributed by atoms with Crippen molar-refractivity contribution in [2.75, 3.05) is 37.0 Å². The molecule has 1 saturated heterocycles. The number of hydrogen-bond acceptors (Lipinski definition) is 6. The Balaban J connectivity index is 2.16. The van der Waals surface area contributed by atoms with Gasteiger partial charge in [-0.15, -0.1) is 10.2 Å². The van der Waals surface area contributed by atoms with Crippen LogP contribution in [-0.4, -0.2) is 46.8 Å². The summed E-state index contributed by atoms with van der Waals surface area (Å²) < 4.78 is 7.37. The number of ether oxygens (including phenoxy) is 1. The summed E-state index contributed by atoms with van der Waals surface area (Å²) in [7, 11) is 0. The zero-order chi connectivity index (χ0) is 12.1. The van der Waals surface area contributed by atoms with Crippen molar-refractivity contribution in [3.8, 4) is 6.07 Å². The predicted octanol–water partition coefficient (Wildman–Crippen LogP) is 0.750. The highest BCUT2D eigenvalue weighted by atomic mass is 32.2. The summed E-state index contributed by atoms with van der Waals surface area (Å²) in [6, 6.07) is 2.10. The Morgan fingerprint density at radius 3 is 2.82 bits per heavy atom. The van der Waals surface area contributed by atoms with E-state index in [-0.39, 0.29) is 0 Å². The summed E-state index contributed by atoms with van der Waals surface area (Å²) in [6.45, 7) is 6.04. The molecule has 1 fully saturated rings. The Morgan fingerprint density at radius 1 is 1.41 bits per heavy atom. The quantitative estimate of drug-likeness (QED) is 0.738. The van der Waals surface area contributed by atoms with Crippen LogP contribution in [0.25, 0.3) is 0 Å². The van der Waals surface area contributed by atoms with Crippen LogP contribution in [0.3, 0.4) is 0 Å². The summed E-state index contributed by atoms with van der Waals surface area (Å²) in [6.07, 6.45) is 0. The van der Waals surface area contributed by atoms with Crippen LogP contribution in [-0.2, 0) is 11.3 Å². The molecule has 7 heteroatoms. The summed E-state index contributed by atoms with van der Waals surface area (Å²) in [5.41, 5.74) is 0. The lowest BCUT2D eigenvalue weighted by molar-refractivity contribution is 0.121. The average Bonchev–Trinajstić information content (AvgIpc) is 2.80. The lowest BCUT2D eigenvalue weighted by Gasteiger charge is -2.27. The molecule has 0 atom stereocenters. The van der Waals surface area contributed by atoms with E-state index >= 15 is 0 Å². The summed E-state index contributed by atoms with van der Waals surface area (Å²) in [4.78, 5) is 2.18. The third kappa shape index (κ3) is 2.70. The molecule has 1 aliphatic heterocycles. The lowest BCUT2D eigenvalue weighted by Crippen LogP contribution is -2.38. The molecule has 0 unspecified atom stereocenters. The Labute approximate surface area is 105 Å². The molecule has 0 spiro atoms. The molecular formula is C10H15N5OS. The van der Waals surface area contributed by atoms with Gasteiger partial charge in [0.15, 0.2) is 5.16 Å². The molecule has 1 aliphatic rings. The highest BCUT2D eigenvalue weighted by molar-refractivity contribution is 7.99. The van der Waals surface area contributed by atoms with Gasteiger partial charge in [-0.1, -0.05) is 11.8 Å². The van der Waals surface area contributed by atoms with Crippen molar-refractivity contribution in [2.45, 2.75) is 18.6 Å². The van der Waals surface area contributed by atoms with Crippen molar-refractivity contribution >= 4 is 17.7 Å². The summed E-state index contributed by atoms with van der Waals surface area (Å²) in [5.74, 6) is 1.29. The van der Waals surface area contributed by atoms with Gasteiger partial charge in [-0.05, 0) is 6.92 Å². The number of nitrogens with zero attached hydrogens (tertiary/aromatic N) is 5. The zero-order valence-electron chi connectivity index (χ0n) is 9.80. The fraction of sp³-hybridized carbons (Fsp3) is 0.700. The highest BCUT2D eigenvalue weighted by Crippen LogP contribution is 2.22. The Morgan fingerprint density at radius 2 is 2.18 bits per heavy atom. The molecule has 2 rings (SSSR count). The number of aromatic nitrogens is 3. The Hall–Kier alpha value is -1.26. The second-order valence-electron chi connectivity index (χ2n) is 3.57. The van der Waals surface area contributed by atoms with E-state index in [4.69, 9.17) is 10.00 Å². The van der Waals surface area contributed by atoms with Crippen LogP contribution in [0.5, 0.6) is 0 Å². The van der Waals surface area contributed by atoms with Crippen LogP contribution < -0.4 is 4.90 Å². The first-order valence-electron chi connectivity index (χ1n) is 5.62. The number of rotatable bonds is 4. The summed E-state index contributed by atoms with van der Waals surface area (Å²) in [5, 5.41) is 17.8. The summed E-state index contributed by atoms with van der Waals surface area (Å²) >= 11 is 1.43. The third-order valence-corrected chi connectivity index (χ3v) is 3.41. The largest absolute Gasteiger partial charge is 0.378 e. The molecule has 0 saturated carbocycles. The van der Waals surface area contributed by atoms with Gasteiger partial charge in [0.05, 0.1) is 25.0 Å². The van der Waals surface area contributed by atoms with E-state index in [9.17, 15) is 0 Å². The van der Waals surface area contributed by atoms with Crippen molar-refractivity contribution in [1.29, 1.82) is 5.26 Å². The lowest BCUT2D eigenvalue weighted by atomic mass is 10.4. The minimum atomic E-state index is 0.404. The normalized spacial score (nSPS) is 15.9. The minimum Gasteiger partial charge on any atom is -0.378 e. The monoisotopic (exact) mass is 253 g/mol. The smallest absolute Gasteiger partial charge is 0.228 e. The highest BCUT2D eigenvalue weighted by Gasteiger charge is 2.19. The van der Waals surface area contributed by atoms with Gasteiger partial charge in [-0.25, -0.2) is 0 Å². The molecule has 92 valence electrons. The van der Waals surface area contributed by atoms with Crippen LogP contribution in [0, 0.1) is 11.3 Å². The third-order valence-electron chi connectivity index (χ3n) is 2.57. The molecule has 0 radical (unpaired) electrons. The maximum Gasteiger partial charge on any atom is 0.228 e. The van der Waals surface area contributed by atoms with Crippen molar-refractivity contribution in [3.05, 3.63) is 0 Å². The van der Waals surface area contributed by atoms with Crippen molar-refractivity contribution < 1.29 is 4.74 Å². The van der Waals surface area contributed by atoms with Gasteiger partial charge in [-0.3, -0.25) is 4.57 Å². The first-order chi connectivity index (χ1) is 8.36. The van der Waals surface area contributed by atoms with E-state index in [1.54, 1.807) is 0 Å². The molecule has 1 aromatic heterocycles. The van der Waals surface area contributed by atoms with Gasteiger partial charge in [0.1, 0.15) is 0 Å². The number of thioether (sulfide) groups is 1. The van der Waals surface area contributed by atoms with Crippen LogP contribution in [0.4, 0.5) is 5.95 Å². The van der Waals surface area contributed by atoms with Gasteiger partial charge >= 0.3 is 0 Å². The molecule has 0 bridgehead atoms. The van der Waals surface area contributed by atoms with E-state index in [1.165, 1.54) is 11.8 Å². The molecule has 1 aromatic rings. The van der Waals surface area contributed by atoms with Crippen molar-refractivity contribution in [3.63, 3.8) is 0 Å². The Kier molecular flexibility index (Phi) is 4.23. The average molecular weight is 253 g/mol. The van der Waals surface area contributed by atoms with Gasteiger partial charge in [-0.2, -0.15) is 5.26 Å². The van der Waals surface area contributed by atoms with Crippen LogP contribution in [0.15, 0.2) is 5.16 Å². The second-order valence-corrected chi connectivity index (χ2v) is 4.52. The van der Waals surface area contributed by atoms with Crippen molar-refractivity contribution in [2.24, 2.45) is 0 Å². The van der Waals surface area contributed by atoms with E-state index in [0.29, 0.717) is 5.75 Å². The maximum atomic E-state index is 8.59. The Bertz CT molecular complexity index is 407. The fourth-order valence-corrected chi connectivity index (χ4v) is 2.42. The topological polar surface area (TPSA) is 67.0 Å². The van der Waals surface area contributed by atoms with Crippen molar-refractivity contribution in [1.82, 2.24) is 14.8 Å². The van der Waals surface area contributed by atoms with Gasteiger partial charge in [0.25, 0.3) is 0 Å². The van der Waals surface area contributed by atoms with E-state index in [0.717, 1.165) is 44.0 Å². The minimum absolute atomic E-state index is 0.404. The molecule has 0 N–H and O–H groups in total. The SMILES string of the molecule is CCn1c(SCC#N)nnc1N1CCOCC1. The van der Waals surface area contributed by atoms with E-state index < -0.39 is 0 Å². The van der Waals surface area contributed by atoms with Gasteiger partial charge in [0, 0.05) is 19.6 Å². The molecule has 2 heterocycles. The predicted molar refractivity (Wildman–Crippen MR) is 65.1 cm³/mol.